The van der Waals surface area contributed by atoms with E-state index in [9.17, 15) is 9.32 Å². The summed E-state index contributed by atoms with van der Waals surface area (Å²) in [6.07, 6.45) is 0.416. The van der Waals surface area contributed by atoms with Crippen LogP contribution in [0.5, 0.6) is 0 Å². The minimum Gasteiger partial charge on any atom is -0.307 e. The number of benzene rings is 1. The lowest BCUT2D eigenvalue weighted by Crippen LogP contribution is -2.36. The minimum absolute atomic E-state index is 0.416. The summed E-state index contributed by atoms with van der Waals surface area (Å²) in [4.78, 5) is 14.2. The molecule has 0 unspecified atom stereocenters. The molecule has 0 aliphatic heterocycles. The van der Waals surface area contributed by atoms with Crippen LogP contribution in [-0.2, 0) is 16.2 Å². The van der Waals surface area contributed by atoms with Crippen LogP contribution in [0.3, 0.4) is 0 Å². The van der Waals surface area contributed by atoms with Crippen molar-refractivity contribution in [2.24, 2.45) is 0 Å². The van der Waals surface area contributed by atoms with Crippen LogP contribution in [0, 0.1) is 6.92 Å². The van der Waals surface area contributed by atoms with E-state index in [0.717, 1.165) is 11.1 Å². The highest BCUT2D eigenvalue weighted by molar-refractivity contribution is 5.75. The zero-order chi connectivity index (χ0) is 11.3. The molecule has 0 heterocycles. The molecule has 0 aliphatic carbocycles. The van der Waals surface area contributed by atoms with Crippen LogP contribution in [0.2, 0.25) is 0 Å². The maximum Gasteiger partial charge on any atom is 0.365 e. The van der Waals surface area contributed by atoms with Crippen LogP contribution in [0.1, 0.15) is 11.1 Å². The van der Waals surface area contributed by atoms with Gasteiger partial charge in [0.15, 0.2) is 0 Å². The molecule has 1 rings (SSSR count). The first-order valence-corrected chi connectivity index (χ1v) is 4.72. The molecule has 1 aromatic carbocycles. The van der Waals surface area contributed by atoms with E-state index in [0.29, 0.717) is 6.42 Å². The van der Waals surface area contributed by atoms with Gasteiger partial charge in [-0.1, -0.05) is 29.8 Å². The van der Waals surface area contributed by atoms with Crippen LogP contribution < -0.4 is 5.32 Å². The number of carbonyl (C=O) groups is 1. The fraction of sp³-hybridized carbons (Fsp3) is 0.364. The molecule has 3 nitrogen and oxygen atoms in total. The number of likely N-dealkylation sites (N-methyl/N-ethyl adjacent to an activating group) is 1. The lowest BCUT2D eigenvalue weighted by atomic mass is 10.0. The molecule has 4 heteroatoms. The Morgan fingerprint density at radius 3 is 2.53 bits per heavy atom. The van der Waals surface area contributed by atoms with Crippen LogP contribution in [0.15, 0.2) is 24.3 Å². The third-order valence-corrected chi connectivity index (χ3v) is 2.27. The quantitative estimate of drug-likeness (QED) is 0.821. The molecule has 1 aromatic rings. The summed E-state index contributed by atoms with van der Waals surface area (Å²) in [5.41, 5.74) is 2.11. The number of halogens is 1. The highest BCUT2D eigenvalue weighted by Gasteiger charge is 2.19. The Kier molecular flexibility index (Phi) is 4.24. The lowest BCUT2D eigenvalue weighted by molar-refractivity contribution is -0.186. The summed E-state index contributed by atoms with van der Waals surface area (Å²) in [5, 5.41) is 2.70. The Labute approximate surface area is 88.1 Å². The largest absolute Gasteiger partial charge is 0.365 e. The summed E-state index contributed by atoms with van der Waals surface area (Å²) in [6.45, 7) is 1.98. The van der Waals surface area contributed by atoms with Crippen molar-refractivity contribution in [3.05, 3.63) is 35.4 Å². The smallest absolute Gasteiger partial charge is 0.307 e. The van der Waals surface area contributed by atoms with Gasteiger partial charge in [-0.3, -0.25) is 4.94 Å². The lowest BCUT2D eigenvalue weighted by Gasteiger charge is -2.11. The molecule has 0 saturated carbocycles. The van der Waals surface area contributed by atoms with E-state index in [2.05, 4.69) is 10.3 Å². The molecule has 0 bridgehead atoms. The van der Waals surface area contributed by atoms with E-state index in [1.807, 2.05) is 31.2 Å². The van der Waals surface area contributed by atoms with Gasteiger partial charge in [0.05, 0.1) is 0 Å². The fourth-order valence-corrected chi connectivity index (χ4v) is 1.32. The van der Waals surface area contributed by atoms with Crippen LogP contribution in [0.4, 0.5) is 4.53 Å². The molecule has 0 aliphatic rings. The molecule has 1 N–H and O–H groups in total. The molecule has 0 aromatic heterocycles. The van der Waals surface area contributed by atoms with E-state index < -0.39 is 12.0 Å². The van der Waals surface area contributed by atoms with Crippen LogP contribution in [-0.4, -0.2) is 19.1 Å². The van der Waals surface area contributed by atoms with Crippen molar-refractivity contribution in [1.82, 2.24) is 5.32 Å². The molecular formula is C11H14FNO2. The molecule has 0 radical (unpaired) electrons. The Balaban J connectivity index is 2.66. The van der Waals surface area contributed by atoms with Gasteiger partial charge in [-0.15, -0.1) is 0 Å². The van der Waals surface area contributed by atoms with Gasteiger partial charge in [-0.05, 0) is 26.0 Å². The highest BCUT2D eigenvalue weighted by atomic mass is 19.3. The van der Waals surface area contributed by atoms with Gasteiger partial charge in [-0.2, -0.15) is 0 Å². The summed E-state index contributed by atoms with van der Waals surface area (Å²) < 4.78 is 11.7. The second kappa shape index (κ2) is 5.46. The molecule has 0 amide bonds. The predicted octanol–water partition coefficient (Wildman–Crippen LogP) is 1.55. The molecule has 82 valence electrons. The molecule has 15 heavy (non-hydrogen) atoms. The van der Waals surface area contributed by atoms with Crippen molar-refractivity contribution >= 4 is 5.97 Å². The third-order valence-electron chi connectivity index (χ3n) is 2.27. The number of rotatable bonds is 4. The van der Waals surface area contributed by atoms with E-state index in [1.54, 1.807) is 7.05 Å². The van der Waals surface area contributed by atoms with Gasteiger partial charge in [0, 0.05) is 4.53 Å². The van der Waals surface area contributed by atoms with Crippen LogP contribution in [0.25, 0.3) is 0 Å². The van der Waals surface area contributed by atoms with Crippen molar-refractivity contribution < 1.29 is 14.3 Å². The Bertz CT molecular complexity index is 324. The number of hydrogen-bond donors (Lipinski definition) is 1. The average molecular weight is 211 g/mol. The standard InChI is InChI=1S/C11H14FNO2/c1-8-3-5-9(6-4-8)7-10(13-2)11(14)15-12/h3-6,10,13H,7H2,1-2H3/t10-/m0/s1. The van der Waals surface area contributed by atoms with Crippen molar-refractivity contribution in [1.29, 1.82) is 0 Å². The predicted molar refractivity (Wildman–Crippen MR) is 54.9 cm³/mol. The summed E-state index contributed by atoms with van der Waals surface area (Å²) >= 11 is 0. The molecule has 1 atom stereocenters. The van der Waals surface area contributed by atoms with Gasteiger partial charge in [0.25, 0.3) is 0 Å². The third kappa shape index (κ3) is 3.32. The minimum atomic E-state index is -0.891. The van der Waals surface area contributed by atoms with Crippen molar-refractivity contribution in [2.45, 2.75) is 19.4 Å². The number of nitrogens with one attached hydrogen (secondary N) is 1. The monoisotopic (exact) mass is 211 g/mol. The van der Waals surface area contributed by atoms with Gasteiger partial charge in [-0.25, -0.2) is 4.79 Å². The van der Waals surface area contributed by atoms with Crippen molar-refractivity contribution in [3.63, 3.8) is 0 Å². The molecule has 0 saturated heterocycles. The van der Waals surface area contributed by atoms with Crippen molar-refractivity contribution in [2.75, 3.05) is 7.05 Å². The topological polar surface area (TPSA) is 38.3 Å². The van der Waals surface area contributed by atoms with Crippen molar-refractivity contribution in [3.8, 4) is 0 Å². The van der Waals surface area contributed by atoms with E-state index in [1.165, 1.54) is 0 Å². The van der Waals surface area contributed by atoms with Gasteiger partial charge >= 0.3 is 5.97 Å². The molecular weight excluding hydrogens is 197 g/mol. The summed E-state index contributed by atoms with van der Waals surface area (Å²) in [6, 6.07) is 7.07. The van der Waals surface area contributed by atoms with Gasteiger partial charge in [0.1, 0.15) is 6.04 Å². The highest BCUT2D eigenvalue weighted by Crippen LogP contribution is 2.07. The SMILES string of the molecule is CN[C@@H](Cc1ccc(C)cc1)C(=O)OF. The first kappa shape index (κ1) is 11.7. The normalized spacial score (nSPS) is 12.2. The van der Waals surface area contributed by atoms with E-state index >= 15 is 0 Å². The van der Waals surface area contributed by atoms with E-state index in [4.69, 9.17) is 0 Å². The Morgan fingerprint density at radius 1 is 1.47 bits per heavy atom. The summed E-state index contributed by atoms with van der Waals surface area (Å²) in [7, 11) is 1.59. The van der Waals surface area contributed by atoms with Crippen LogP contribution >= 0.6 is 0 Å². The van der Waals surface area contributed by atoms with E-state index in [-0.39, 0.29) is 0 Å². The fourth-order valence-electron chi connectivity index (χ4n) is 1.32. The second-order valence-electron chi connectivity index (χ2n) is 3.43. The number of carbonyl (C=O) groups excluding carboxylic acids is 1. The first-order valence-electron chi connectivity index (χ1n) is 4.72. The summed E-state index contributed by atoms with van der Waals surface area (Å²) in [5.74, 6) is -0.891. The Morgan fingerprint density at radius 2 is 2.07 bits per heavy atom. The number of hydrogen-bond acceptors (Lipinski definition) is 3. The van der Waals surface area contributed by atoms with Gasteiger partial charge in [0.2, 0.25) is 0 Å². The Hall–Kier alpha value is -1.42. The maximum atomic E-state index is 11.7. The number of aryl methyl sites for hydroxylation is 1. The zero-order valence-corrected chi connectivity index (χ0v) is 8.79. The molecule has 0 spiro atoms. The first-order chi connectivity index (χ1) is 7.17. The zero-order valence-electron chi connectivity index (χ0n) is 8.79. The maximum absolute atomic E-state index is 11.7. The van der Waals surface area contributed by atoms with Gasteiger partial charge < -0.3 is 5.32 Å². The molecule has 0 fully saturated rings. The average Bonchev–Trinajstić information content (AvgIpc) is 2.27. The second-order valence-corrected chi connectivity index (χ2v) is 3.43.